The van der Waals surface area contributed by atoms with Crippen LogP contribution in [0, 0.1) is 11.6 Å². The summed E-state index contributed by atoms with van der Waals surface area (Å²) in [6.07, 6.45) is 0. The standard InChI is InChI=1S/C14H17BrF2N2O2/c1-9(14(20)21)19-6-4-18(5-7-19)8-10-12(16)3-2-11(15)13(10)17/h2-3,9H,4-8H2,1H3,(H,20,21). The van der Waals surface area contributed by atoms with Gasteiger partial charge in [0.1, 0.15) is 17.7 Å². The molecule has 2 rings (SSSR count). The fraction of sp³-hybridized carbons (Fsp3) is 0.500. The van der Waals surface area contributed by atoms with Crippen LogP contribution < -0.4 is 0 Å². The molecular weight excluding hydrogens is 346 g/mol. The summed E-state index contributed by atoms with van der Waals surface area (Å²) in [7, 11) is 0. The van der Waals surface area contributed by atoms with E-state index in [2.05, 4.69) is 15.9 Å². The fourth-order valence-electron chi connectivity index (χ4n) is 2.40. The van der Waals surface area contributed by atoms with Gasteiger partial charge < -0.3 is 5.11 Å². The number of carboxylic acid groups (broad SMARTS) is 1. The van der Waals surface area contributed by atoms with Crippen molar-refractivity contribution >= 4 is 21.9 Å². The van der Waals surface area contributed by atoms with Gasteiger partial charge in [-0.25, -0.2) is 8.78 Å². The zero-order valence-corrected chi connectivity index (χ0v) is 13.2. The molecule has 1 N–H and O–H groups in total. The Hall–Kier alpha value is -1.05. The third kappa shape index (κ3) is 3.78. The van der Waals surface area contributed by atoms with Crippen LogP contribution in [0.25, 0.3) is 0 Å². The van der Waals surface area contributed by atoms with Crippen LogP contribution >= 0.6 is 15.9 Å². The Morgan fingerprint density at radius 1 is 1.33 bits per heavy atom. The van der Waals surface area contributed by atoms with Gasteiger partial charge in [-0.1, -0.05) is 0 Å². The average molecular weight is 363 g/mol. The SMILES string of the molecule is CC(C(=O)O)N1CCN(Cc2c(F)ccc(Br)c2F)CC1. The van der Waals surface area contributed by atoms with E-state index in [1.807, 2.05) is 9.80 Å². The Balaban J connectivity index is 1.98. The number of rotatable bonds is 4. The molecule has 0 spiro atoms. The van der Waals surface area contributed by atoms with Crippen molar-refractivity contribution in [2.75, 3.05) is 26.2 Å². The molecule has 0 radical (unpaired) electrons. The largest absolute Gasteiger partial charge is 0.480 e. The van der Waals surface area contributed by atoms with E-state index in [1.165, 1.54) is 12.1 Å². The normalized spacial score (nSPS) is 18.7. The lowest BCUT2D eigenvalue weighted by Gasteiger charge is -2.36. The van der Waals surface area contributed by atoms with Gasteiger partial charge in [-0.2, -0.15) is 0 Å². The molecule has 0 amide bonds. The Labute approximate surface area is 130 Å². The highest BCUT2D eigenvalue weighted by Crippen LogP contribution is 2.23. The molecule has 0 saturated carbocycles. The Kier molecular flexibility index (Phi) is 5.29. The third-order valence-corrected chi connectivity index (χ3v) is 4.45. The van der Waals surface area contributed by atoms with Crippen molar-refractivity contribution in [3.63, 3.8) is 0 Å². The summed E-state index contributed by atoms with van der Waals surface area (Å²) in [4.78, 5) is 14.7. The maximum absolute atomic E-state index is 13.9. The minimum atomic E-state index is -0.854. The monoisotopic (exact) mass is 362 g/mol. The van der Waals surface area contributed by atoms with Crippen LogP contribution in [0.1, 0.15) is 12.5 Å². The Bertz CT molecular complexity index is 534. The first-order valence-corrected chi connectivity index (χ1v) is 7.51. The number of piperazine rings is 1. The smallest absolute Gasteiger partial charge is 0.320 e. The van der Waals surface area contributed by atoms with E-state index in [4.69, 9.17) is 5.11 Å². The average Bonchev–Trinajstić information content (AvgIpc) is 2.47. The summed E-state index contributed by atoms with van der Waals surface area (Å²) in [6, 6.07) is 2.05. The number of benzene rings is 1. The number of aliphatic carboxylic acids is 1. The second-order valence-electron chi connectivity index (χ2n) is 5.15. The molecule has 1 fully saturated rings. The highest BCUT2D eigenvalue weighted by atomic mass is 79.9. The molecular formula is C14H17BrF2N2O2. The number of nitrogens with zero attached hydrogens (tertiary/aromatic N) is 2. The van der Waals surface area contributed by atoms with Gasteiger partial charge >= 0.3 is 5.97 Å². The van der Waals surface area contributed by atoms with E-state index >= 15 is 0 Å². The molecule has 0 bridgehead atoms. The summed E-state index contributed by atoms with van der Waals surface area (Å²) in [6.45, 7) is 4.15. The van der Waals surface area contributed by atoms with Crippen molar-refractivity contribution in [1.82, 2.24) is 9.80 Å². The first-order chi connectivity index (χ1) is 9.90. The predicted molar refractivity (Wildman–Crippen MR) is 78.0 cm³/mol. The minimum Gasteiger partial charge on any atom is -0.480 e. The van der Waals surface area contributed by atoms with E-state index in [-0.39, 0.29) is 16.6 Å². The number of hydrogen-bond acceptors (Lipinski definition) is 3. The highest BCUT2D eigenvalue weighted by molar-refractivity contribution is 9.10. The number of hydrogen-bond donors (Lipinski definition) is 1. The van der Waals surface area contributed by atoms with Crippen LogP contribution in [0.15, 0.2) is 16.6 Å². The van der Waals surface area contributed by atoms with E-state index in [0.717, 1.165) is 0 Å². The van der Waals surface area contributed by atoms with Gasteiger partial charge in [-0.3, -0.25) is 14.6 Å². The lowest BCUT2D eigenvalue weighted by molar-refractivity contribution is -0.143. The van der Waals surface area contributed by atoms with Gasteiger partial charge in [0, 0.05) is 38.3 Å². The van der Waals surface area contributed by atoms with Crippen LogP contribution in [-0.2, 0) is 11.3 Å². The minimum absolute atomic E-state index is 0.0455. The van der Waals surface area contributed by atoms with Gasteiger partial charge in [0.25, 0.3) is 0 Å². The molecule has 116 valence electrons. The first kappa shape index (κ1) is 16.3. The van der Waals surface area contributed by atoms with Gasteiger partial charge in [0.15, 0.2) is 0 Å². The Morgan fingerprint density at radius 2 is 1.95 bits per heavy atom. The van der Waals surface area contributed by atoms with Crippen LogP contribution in [0.2, 0.25) is 0 Å². The summed E-state index contributed by atoms with van der Waals surface area (Å²) >= 11 is 3.06. The molecule has 7 heteroatoms. The maximum Gasteiger partial charge on any atom is 0.320 e. The molecule has 1 atom stereocenters. The molecule has 1 aliphatic heterocycles. The van der Waals surface area contributed by atoms with Crippen molar-refractivity contribution < 1.29 is 18.7 Å². The van der Waals surface area contributed by atoms with E-state index in [9.17, 15) is 13.6 Å². The van der Waals surface area contributed by atoms with Crippen molar-refractivity contribution in [3.8, 4) is 0 Å². The molecule has 1 aromatic rings. The predicted octanol–water partition coefficient (Wildman–Crippen LogP) is 2.32. The van der Waals surface area contributed by atoms with Crippen molar-refractivity contribution in [2.45, 2.75) is 19.5 Å². The molecule has 0 aliphatic carbocycles. The second kappa shape index (κ2) is 6.81. The Morgan fingerprint density at radius 3 is 2.52 bits per heavy atom. The van der Waals surface area contributed by atoms with Crippen molar-refractivity contribution in [3.05, 3.63) is 33.8 Å². The zero-order valence-electron chi connectivity index (χ0n) is 11.7. The first-order valence-electron chi connectivity index (χ1n) is 6.71. The third-order valence-electron chi connectivity index (χ3n) is 3.83. The van der Waals surface area contributed by atoms with Crippen LogP contribution in [-0.4, -0.2) is 53.1 Å². The van der Waals surface area contributed by atoms with Crippen LogP contribution in [0.4, 0.5) is 8.78 Å². The topological polar surface area (TPSA) is 43.8 Å². The maximum atomic E-state index is 13.9. The molecule has 1 aromatic carbocycles. The van der Waals surface area contributed by atoms with Gasteiger partial charge in [0.05, 0.1) is 4.47 Å². The van der Waals surface area contributed by atoms with Gasteiger partial charge in [-0.05, 0) is 35.0 Å². The van der Waals surface area contributed by atoms with E-state index in [1.54, 1.807) is 6.92 Å². The lowest BCUT2D eigenvalue weighted by atomic mass is 10.1. The molecule has 1 unspecified atom stereocenters. The molecule has 1 aliphatic rings. The van der Waals surface area contributed by atoms with Crippen LogP contribution in [0.5, 0.6) is 0 Å². The summed E-state index contributed by atoms with van der Waals surface area (Å²) in [5.41, 5.74) is 0.0455. The highest BCUT2D eigenvalue weighted by Gasteiger charge is 2.26. The van der Waals surface area contributed by atoms with Crippen LogP contribution in [0.3, 0.4) is 0 Å². The summed E-state index contributed by atoms with van der Waals surface area (Å²) < 4.78 is 27.9. The van der Waals surface area contributed by atoms with Crippen molar-refractivity contribution in [1.29, 1.82) is 0 Å². The lowest BCUT2D eigenvalue weighted by Crippen LogP contribution is -2.51. The van der Waals surface area contributed by atoms with E-state index in [0.29, 0.717) is 26.2 Å². The molecule has 4 nitrogen and oxygen atoms in total. The fourth-order valence-corrected chi connectivity index (χ4v) is 2.77. The second-order valence-corrected chi connectivity index (χ2v) is 6.00. The molecule has 1 heterocycles. The van der Waals surface area contributed by atoms with Crippen molar-refractivity contribution in [2.24, 2.45) is 0 Å². The molecule has 0 aromatic heterocycles. The number of carboxylic acids is 1. The number of halogens is 3. The summed E-state index contributed by atoms with van der Waals surface area (Å²) in [5, 5.41) is 8.98. The van der Waals surface area contributed by atoms with Gasteiger partial charge in [0.2, 0.25) is 0 Å². The molecule has 1 saturated heterocycles. The molecule has 21 heavy (non-hydrogen) atoms. The number of carbonyl (C=O) groups is 1. The summed E-state index contributed by atoms with van der Waals surface area (Å²) in [5.74, 6) is -1.99. The van der Waals surface area contributed by atoms with Gasteiger partial charge in [-0.15, -0.1) is 0 Å². The van der Waals surface area contributed by atoms with E-state index < -0.39 is 23.6 Å². The zero-order chi connectivity index (χ0) is 15.6. The quantitative estimate of drug-likeness (QED) is 0.834.